The summed E-state index contributed by atoms with van der Waals surface area (Å²) in [5.74, 6) is -0.682. The molecule has 8 heteroatoms. The van der Waals surface area contributed by atoms with E-state index in [0.717, 1.165) is 5.56 Å². The predicted octanol–water partition coefficient (Wildman–Crippen LogP) is 3.31. The molecule has 3 rings (SSSR count). The summed E-state index contributed by atoms with van der Waals surface area (Å²) < 4.78 is 28.9. The number of aliphatic carboxylic acids is 1. The summed E-state index contributed by atoms with van der Waals surface area (Å²) in [4.78, 5) is 15.9. The van der Waals surface area contributed by atoms with Crippen LogP contribution < -0.4 is 5.14 Å². The van der Waals surface area contributed by atoms with E-state index in [0.29, 0.717) is 29.3 Å². The highest BCUT2D eigenvalue weighted by molar-refractivity contribution is 7.89. The number of rotatable bonds is 7. The summed E-state index contributed by atoms with van der Waals surface area (Å²) in [6.45, 7) is 1.80. The van der Waals surface area contributed by atoms with Crippen LogP contribution in [0.1, 0.15) is 19.2 Å². The third kappa shape index (κ3) is 4.29. The molecule has 0 saturated heterocycles. The maximum atomic E-state index is 11.5. The van der Waals surface area contributed by atoms with Crippen LogP contribution in [0.15, 0.2) is 63.9 Å². The zero-order chi connectivity index (χ0) is 20.3. The van der Waals surface area contributed by atoms with Gasteiger partial charge in [-0.25, -0.2) is 18.5 Å². The second kappa shape index (κ2) is 7.95. The van der Waals surface area contributed by atoms with Gasteiger partial charge in [0.15, 0.2) is 11.7 Å². The summed E-state index contributed by atoms with van der Waals surface area (Å²) in [6.07, 6.45) is 0.623. The van der Waals surface area contributed by atoms with Crippen LogP contribution in [0.4, 0.5) is 0 Å². The first-order valence-corrected chi connectivity index (χ1v) is 10.3. The molecule has 0 aliphatic rings. The summed E-state index contributed by atoms with van der Waals surface area (Å²) >= 11 is 0. The molecule has 1 atom stereocenters. The molecule has 0 fully saturated rings. The van der Waals surface area contributed by atoms with Gasteiger partial charge in [0.05, 0.1) is 10.8 Å². The van der Waals surface area contributed by atoms with Gasteiger partial charge in [0.1, 0.15) is 5.69 Å². The minimum Gasteiger partial charge on any atom is -0.481 e. The first-order chi connectivity index (χ1) is 13.3. The number of oxazole rings is 1. The monoisotopic (exact) mass is 400 g/mol. The molecule has 1 unspecified atom stereocenters. The van der Waals surface area contributed by atoms with Gasteiger partial charge in [-0.3, -0.25) is 4.79 Å². The number of nitrogens with two attached hydrogens (primary N) is 1. The molecule has 3 N–H and O–H groups in total. The van der Waals surface area contributed by atoms with Crippen molar-refractivity contribution in [3.63, 3.8) is 0 Å². The Morgan fingerprint density at radius 1 is 1.11 bits per heavy atom. The Morgan fingerprint density at radius 2 is 1.75 bits per heavy atom. The van der Waals surface area contributed by atoms with Gasteiger partial charge in [0.25, 0.3) is 0 Å². The number of carboxylic acid groups (broad SMARTS) is 1. The van der Waals surface area contributed by atoms with Crippen molar-refractivity contribution >= 4 is 16.0 Å². The molecule has 28 heavy (non-hydrogen) atoms. The van der Waals surface area contributed by atoms with Crippen molar-refractivity contribution in [2.75, 3.05) is 0 Å². The van der Waals surface area contributed by atoms with E-state index in [2.05, 4.69) is 4.98 Å². The van der Waals surface area contributed by atoms with Crippen molar-refractivity contribution in [1.82, 2.24) is 4.98 Å². The zero-order valence-corrected chi connectivity index (χ0v) is 16.0. The SMILES string of the molecule is CCC(Cc1nc(-c2ccc(S(N)(=O)=O)cc2)c(-c2ccccc2)o1)C(=O)O. The van der Waals surface area contributed by atoms with Crippen molar-refractivity contribution in [1.29, 1.82) is 0 Å². The van der Waals surface area contributed by atoms with Crippen LogP contribution in [-0.2, 0) is 21.2 Å². The lowest BCUT2D eigenvalue weighted by Crippen LogP contribution is -2.15. The minimum absolute atomic E-state index is 0.00171. The number of aromatic nitrogens is 1. The van der Waals surface area contributed by atoms with Gasteiger partial charge < -0.3 is 9.52 Å². The molecule has 1 heterocycles. The zero-order valence-electron chi connectivity index (χ0n) is 15.2. The highest BCUT2D eigenvalue weighted by Crippen LogP contribution is 2.33. The number of sulfonamides is 1. The number of carbonyl (C=O) groups is 1. The van der Waals surface area contributed by atoms with Gasteiger partial charge in [-0.05, 0) is 18.6 Å². The van der Waals surface area contributed by atoms with Crippen molar-refractivity contribution in [2.45, 2.75) is 24.7 Å². The van der Waals surface area contributed by atoms with Crippen LogP contribution in [0.2, 0.25) is 0 Å². The molecular formula is C20H20N2O5S. The van der Waals surface area contributed by atoms with E-state index in [1.807, 2.05) is 30.3 Å². The van der Waals surface area contributed by atoms with Gasteiger partial charge in [-0.15, -0.1) is 0 Å². The summed E-state index contributed by atoms with van der Waals surface area (Å²) in [7, 11) is -3.80. The van der Waals surface area contributed by atoms with E-state index in [1.165, 1.54) is 12.1 Å². The molecule has 7 nitrogen and oxygen atoms in total. The van der Waals surface area contributed by atoms with E-state index < -0.39 is 21.9 Å². The maximum Gasteiger partial charge on any atom is 0.307 e. The molecule has 2 aromatic carbocycles. The molecule has 0 spiro atoms. The van der Waals surface area contributed by atoms with E-state index >= 15 is 0 Å². The largest absolute Gasteiger partial charge is 0.481 e. The molecule has 0 aliphatic carbocycles. The molecule has 1 aromatic heterocycles. The highest BCUT2D eigenvalue weighted by Gasteiger charge is 2.22. The smallest absolute Gasteiger partial charge is 0.307 e. The van der Waals surface area contributed by atoms with Crippen LogP contribution in [0.25, 0.3) is 22.6 Å². The topological polar surface area (TPSA) is 123 Å². The quantitative estimate of drug-likeness (QED) is 0.627. The summed E-state index contributed by atoms with van der Waals surface area (Å²) in [5, 5.41) is 14.5. The fraction of sp³-hybridized carbons (Fsp3) is 0.200. The second-order valence-electron chi connectivity index (χ2n) is 6.37. The lowest BCUT2D eigenvalue weighted by molar-refractivity contribution is -0.141. The van der Waals surface area contributed by atoms with E-state index in [-0.39, 0.29) is 11.3 Å². The van der Waals surface area contributed by atoms with Crippen LogP contribution in [0.3, 0.4) is 0 Å². The first-order valence-electron chi connectivity index (χ1n) is 8.70. The van der Waals surface area contributed by atoms with Crippen LogP contribution in [0, 0.1) is 5.92 Å². The Hall–Kier alpha value is -2.97. The number of carboxylic acids is 1. The average molecular weight is 400 g/mol. The number of hydrogen-bond donors (Lipinski definition) is 2. The molecule has 0 bridgehead atoms. The van der Waals surface area contributed by atoms with Crippen molar-refractivity contribution in [3.05, 3.63) is 60.5 Å². The minimum atomic E-state index is -3.80. The lowest BCUT2D eigenvalue weighted by atomic mass is 10.0. The molecule has 146 valence electrons. The molecule has 3 aromatic rings. The van der Waals surface area contributed by atoms with Gasteiger partial charge in [0, 0.05) is 17.5 Å². The Labute approximate surface area is 162 Å². The average Bonchev–Trinajstić information content (AvgIpc) is 3.10. The number of benzene rings is 2. The first kappa shape index (κ1) is 19.8. The van der Waals surface area contributed by atoms with E-state index in [9.17, 15) is 18.3 Å². The standard InChI is InChI=1S/C20H20N2O5S/c1-2-13(20(23)24)12-17-22-18(19(27-17)15-6-4-3-5-7-15)14-8-10-16(11-9-14)28(21,25)26/h3-11,13H,2,12H2,1H3,(H,23,24)(H2,21,25,26). The maximum absolute atomic E-state index is 11.5. The number of primary sulfonamides is 1. The molecular weight excluding hydrogens is 380 g/mol. The third-order valence-corrected chi connectivity index (χ3v) is 5.36. The van der Waals surface area contributed by atoms with Crippen LogP contribution >= 0.6 is 0 Å². The van der Waals surface area contributed by atoms with Gasteiger partial charge in [-0.1, -0.05) is 49.4 Å². The summed E-state index contributed by atoms with van der Waals surface area (Å²) in [6, 6.07) is 15.3. The molecule has 0 amide bonds. The number of nitrogens with zero attached hydrogens (tertiary/aromatic N) is 1. The fourth-order valence-corrected chi connectivity index (χ4v) is 3.37. The third-order valence-electron chi connectivity index (χ3n) is 4.43. The van der Waals surface area contributed by atoms with Crippen molar-refractivity contribution in [2.24, 2.45) is 11.1 Å². The van der Waals surface area contributed by atoms with Crippen LogP contribution in [-0.4, -0.2) is 24.5 Å². The van der Waals surface area contributed by atoms with E-state index in [1.54, 1.807) is 19.1 Å². The normalized spacial score (nSPS) is 12.6. The van der Waals surface area contributed by atoms with E-state index in [4.69, 9.17) is 9.56 Å². The Morgan fingerprint density at radius 3 is 2.29 bits per heavy atom. The Kier molecular flexibility index (Phi) is 5.62. The van der Waals surface area contributed by atoms with Gasteiger partial charge in [0.2, 0.25) is 10.0 Å². The molecule has 0 saturated carbocycles. The Balaban J connectivity index is 2.07. The molecule has 0 radical (unpaired) electrons. The van der Waals surface area contributed by atoms with Gasteiger partial charge in [-0.2, -0.15) is 0 Å². The molecule has 0 aliphatic heterocycles. The fourth-order valence-electron chi connectivity index (χ4n) is 2.85. The predicted molar refractivity (Wildman–Crippen MR) is 104 cm³/mol. The second-order valence-corrected chi connectivity index (χ2v) is 7.93. The number of hydrogen-bond acceptors (Lipinski definition) is 5. The van der Waals surface area contributed by atoms with Gasteiger partial charge >= 0.3 is 5.97 Å². The summed E-state index contributed by atoms with van der Waals surface area (Å²) in [5.41, 5.74) is 1.95. The van der Waals surface area contributed by atoms with Crippen molar-refractivity contribution in [3.8, 4) is 22.6 Å². The lowest BCUT2D eigenvalue weighted by Gasteiger charge is -2.05. The van der Waals surface area contributed by atoms with Crippen molar-refractivity contribution < 1.29 is 22.7 Å². The highest BCUT2D eigenvalue weighted by atomic mass is 32.2. The van der Waals surface area contributed by atoms with Crippen LogP contribution in [0.5, 0.6) is 0 Å². The Bertz CT molecular complexity index is 1070.